The Labute approximate surface area is 187 Å². The largest absolute Gasteiger partial charge is 0.481 e. The van der Waals surface area contributed by atoms with Crippen molar-refractivity contribution in [1.82, 2.24) is 0 Å². The lowest BCUT2D eigenvalue weighted by atomic mass is 9.85. The number of anilines is 2. The molecule has 0 radical (unpaired) electrons. The van der Waals surface area contributed by atoms with Gasteiger partial charge in [-0.1, -0.05) is 12.1 Å². The number of fused-ring (bicyclic) bond motifs is 2. The van der Waals surface area contributed by atoms with E-state index in [1.54, 1.807) is 18.2 Å². The number of alkyl halides is 3. The predicted octanol–water partition coefficient (Wildman–Crippen LogP) is 3.58. The van der Waals surface area contributed by atoms with Crippen LogP contribution < -0.4 is 14.8 Å². The topological polar surface area (TPSA) is 93.7 Å². The van der Waals surface area contributed by atoms with Gasteiger partial charge in [-0.15, -0.1) is 0 Å². The third kappa shape index (κ3) is 4.18. The first-order valence-electron chi connectivity index (χ1n) is 10.2. The normalized spacial score (nSPS) is 21.2. The zero-order valence-corrected chi connectivity index (χ0v) is 18.0. The number of sulfonamides is 1. The van der Waals surface area contributed by atoms with Gasteiger partial charge in [-0.3, -0.25) is 9.52 Å². The van der Waals surface area contributed by atoms with Gasteiger partial charge in [-0.05, 0) is 36.3 Å². The minimum Gasteiger partial charge on any atom is -0.481 e. The Bertz CT molecular complexity index is 1280. The second-order valence-corrected chi connectivity index (χ2v) is 10.2. The van der Waals surface area contributed by atoms with Gasteiger partial charge in [0.25, 0.3) is 0 Å². The predicted molar refractivity (Wildman–Crippen MR) is 114 cm³/mol. The number of hydrogen-bond donors (Lipinski definition) is 2. The molecule has 33 heavy (non-hydrogen) atoms. The highest BCUT2D eigenvalue weighted by molar-refractivity contribution is 7.92. The van der Waals surface area contributed by atoms with Crippen LogP contribution in [0.4, 0.5) is 24.5 Å². The molecule has 0 saturated carbocycles. The van der Waals surface area contributed by atoms with E-state index in [0.29, 0.717) is 34.5 Å². The van der Waals surface area contributed by atoms with Crippen molar-refractivity contribution >= 4 is 32.9 Å². The first-order chi connectivity index (χ1) is 15.5. The molecular weight excluding hydrogens is 461 g/mol. The van der Waals surface area contributed by atoms with E-state index in [1.807, 2.05) is 0 Å². The summed E-state index contributed by atoms with van der Waals surface area (Å²) in [6.45, 7) is 0.433. The second-order valence-electron chi connectivity index (χ2n) is 8.32. The molecule has 7 nitrogen and oxygen atoms in total. The summed E-state index contributed by atoms with van der Waals surface area (Å²) in [5.41, 5.74) is 0.875. The molecule has 1 amide bonds. The molecule has 0 aliphatic carbocycles. The van der Waals surface area contributed by atoms with Crippen LogP contribution in [-0.2, 0) is 32.2 Å². The first-order valence-corrected chi connectivity index (χ1v) is 11.8. The van der Waals surface area contributed by atoms with Crippen molar-refractivity contribution in [2.24, 2.45) is 0 Å². The van der Waals surface area contributed by atoms with Crippen LogP contribution in [0, 0.1) is 0 Å². The fourth-order valence-corrected chi connectivity index (χ4v) is 5.33. The highest BCUT2D eigenvalue weighted by atomic mass is 32.2. The average molecular weight is 480 g/mol. The van der Waals surface area contributed by atoms with E-state index < -0.39 is 33.3 Å². The molecule has 3 aliphatic rings. The van der Waals surface area contributed by atoms with Crippen LogP contribution in [0.5, 0.6) is 5.75 Å². The van der Waals surface area contributed by atoms with Crippen LogP contribution in [-0.4, -0.2) is 38.9 Å². The Morgan fingerprint density at radius 1 is 1.18 bits per heavy atom. The molecule has 0 aromatic heterocycles. The standard InChI is InChI=1S/C22H19F3N2O5S/c23-22(24,25)14-4-5-15-13(10-21(11-31-12-21)32-19(15)9-14)8-20(28)26-17-2-1-3-18-16(17)6-7-33(29,30)27-18/h1-5,8-9,27H,6-7,10-12H2,(H,26,28)/b13-8+. The van der Waals surface area contributed by atoms with Crippen LogP contribution in [0.3, 0.4) is 0 Å². The van der Waals surface area contributed by atoms with Crippen molar-refractivity contribution in [3.63, 3.8) is 0 Å². The SMILES string of the molecule is O=C(/C=C1\CC2(COC2)Oc2cc(C(F)(F)F)ccc21)Nc1cccc2c1CCS(=O)(=O)N2. The van der Waals surface area contributed by atoms with Gasteiger partial charge in [0.2, 0.25) is 15.9 Å². The minimum absolute atomic E-state index is 0.0601. The summed E-state index contributed by atoms with van der Waals surface area (Å²) in [6, 6.07) is 8.13. The quantitative estimate of drug-likeness (QED) is 0.641. The summed E-state index contributed by atoms with van der Waals surface area (Å²) in [5, 5.41) is 2.77. The summed E-state index contributed by atoms with van der Waals surface area (Å²) >= 11 is 0. The molecular formula is C22H19F3N2O5S. The molecule has 2 aromatic rings. The zero-order chi connectivity index (χ0) is 23.4. The molecule has 2 N–H and O–H groups in total. The van der Waals surface area contributed by atoms with Crippen molar-refractivity contribution in [1.29, 1.82) is 0 Å². The second kappa shape index (κ2) is 7.49. The Balaban J connectivity index is 1.46. The molecule has 0 atom stereocenters. The van der Waals surface area contributed by atoms with Crippen molar-refractivity contribution < 1.29 is 35.9 Å². The van der Waals surface area contributed by atoms with Crippen LogP contribution in [0.1, 0.15) is 23.1 Å². The summed E-state index contributed by atoms with van der Waals surface area (Å²) in [4.78, 5) is 12.9. The number of rotatable bonds is 2. The molecule has 1 fully saturated rings. The van der Waals surface area contributed by atoms with Gasteiger partial charge in [-0.2, -0.15) is 13.2 Å². The van der Waals surface area contributed by atoms with Crippen LogP contribution in [0.15, 0.2) is 42.5 Å². The highest BCUT2D eigenvalue weighted by Crippen LogP contribution is 2.45. The molecule has 2 aromatic carbocycles. The van der Waals surface area contributed by atoms with Crippen LogP contribution in [0.2, 0.25) is 0 Å². The van der Waals surface area contributed by atoms with Crippen molar-refractivity contribution in [3.8, 4) is 5.75 Å². The third-order valence-corrected chi connectivity index (χ3v) is 7.12. The van der Waals surface area contributed by atoms with E-state index in [1.165, 1.54) is 12.1 Å². The smallest absolute Gasteiger partial charge is 0.416 e. The number of carbonyl (C=O) groups is 1. The number of benzene rings is 2. The van der Waals surface area contributed by atoms with E-state index in [0.717, 1.165) is 12.1 Å². The maximum atomic E-state index is 13.2. The molecule has 11 heteroatoms. The average Bonchev–Trinajstić information content (AvgIpc) is 2.70. The summed E-state index contributed by atoms with van der Waals surface area (Å²) in [6.07, 6.45) is -2.62. The Hall–Kier alpha value is -3.05. The lowest BCUT2D eigenvalue weighted by molar-refractivity contribution is -0.161. The monoisotopic (exact) mass is 480 g/mol. The van der Waals surface area contributed by atoms with Gasteiger partial charge in [-0.25, -0.2) is 8.42 Å². The molecule has 3 heterocycles. The van der Waals surface area contributed by atoms with Crippen LogP contribution in [0.25, 0.3) is 5.57 Å². The van der Waals surface area contributed by atoms with Gasteiger partial charge < -0.3 is 14.8 Å². The number of amides is 1. The first kappa shape index (κ1) is 21.8. The number of nitrogens with one attached hydrogen (secondary N) is 2. The maximum Gasteiger partial charge on any atom is 0.416 e. The van der Waals surface area contributed by atoms with E-state index in [2.05, 4.69) is 10.0 Å². The van der Waals surface area contributed by atoms with E-state index in [-0.39, 0.29) is 31.1 Å². The van der Waals surface area contributed by atoms with Crippen LogP contribution >= 0.6 is 0 Å². The zero-order valence-electron chi connectivity index (χ0n) is 17.2. The molecule has 3 aliphatic heterocycles. The van der Waals surface area contributed by atoms with Gasteiger partial charge >= 0.3 is 6.18 Å². The number of carbonyl (C=O) groups excluding carboxylic acids is 1. The van der Waals surface area contributed by atoms with E-state index in [9.17, 15) is 26.4 Å². The van der Waals surface area contributed by atoms with Crippen molar-refractivity contribution in [2.45, 2.75) is 24.6 Å². The number of halogens is 3. The highest BCUT2D eigenvalue weighted by Gasteiger charge is 2.46. The van der Waals surface area contributed by atoms with Gasteiger partial charge in [0, 0.05) is 29.3 Å². The summed E-state index contributed by atoms with van der Waals surface area (Å²) < 4.78 is 76.7. The summed E-state index contributed by atoms with van der Waals surface area (Å²) in [5.74, 6) is -0.511. The fourth-order valence-electron chi connectivity index (χ4n) is 4.23. The Morgan fingerprint density at radius 2 is 1.97 bits per heavy atom. The Morgan fingerprint density at radius 3 is 2.67 bits per heavy atom. The fraction of sp³-hybridized carbons (Fsp3) is 0.318. The molecule has 0 unspecified atom stereocenters. The molecule has 1 saturated heterocycles. The number of ether oxygens (including phenoxy) is 2. The van der Waals surface area contributed by atoms with E-state index >= 15 is 0 Å². The van der Waals surface area contributed by atoms with Gasteiger partial charge in [0.1, 0.15) is 5.75 Å². The minimum atomic E-state index is -4.52. The number of hydrogen-bond acceptors (Lipinski definition) is 5. The lowest BCUT2D eigenvalue weighted by Crippen LogP contribution is -2.55. The molecule has 174 valence electrons. The molecule has 0 bridgehead atoms. The molecule has 5 rings (SSSR count). The van der Waals surface area contributed by atoms with E-state index in [4.69, 9.17) is 9.47 Å². The summed E-state index contributed by atoms with van der Waals surface area (Å²) in [7, 11) is -3.40. The van der Waals surface area contributed by atoms with Gasteiger partial charge in [0.05, 0.1) is 30.2 Å². The Kier molecular flexibility index (Phi) is 4.94. The third-order valence-electron chi connectivity index (χ3n) is 5.85. The van der Waals surface area contributed by atoms with Gasteiger partial charge in [0.15, 0.2) is 5.60 Å². The molecule has 1 spiro atoms. The van der Waals surface area contributed by atoms with Crippen molar-refractivity contribution in [2.75, 3.05) is 29.0 Å². The van der Waals surface area contributed by atoms with Crippen molar-refractivity contribution in [3.05, 3.63) is 59.2 Å². The maximum absolute atomic E-state index is 13.2. The lowest BCUT2D eigenvalue weighted by Gasteiger charge is -2.45.